The molecule has 0 aliphatic carbocycles. The van der Waals surface area contributed by atoms with Crippen molar-refractivity contribution in [3.05, 3.63) is 40.2 Å². The Hall–Kier alpha value is -2.18. The van der Waals surface area contributed by atoms with Crippen molar-refractivity contribution in [1.82, 2.24) is 0 Å². The van der Waals surface area contributed by atoms with Crippen molar-refractivity contribution in [2.75, 3.05) is 11.9 Å². The summed E-state index contributed by atoms with van der Waals surface area (Å²) in [7, 11) is 0. The number of anilines is 1. The summed E-state index contributed by atoms with van der Waals surface area (Å²) >= 11 is 0. The van der Waals surface area contributed by atoms with Gasteiger partial charge in [0.2, 0.25) is 5.91 Å². The van der Waals surface area contributed by atoms with Crippen LogP contribution in [-0.4, -0.2) is 18.5 Å². The molecule has 22 heavy (non-hydrogen) atoms. The number of benzene rings is 1. The average molecular weight is 303 g/mol. The molecule has 2 aromatic rings. The molecule has 0 saturated carbocycles. The van der Waals surface area contributed by atoms with E-state index in [-0.39, 0.29) is 5.91 Å². The van der Waals surface area contributed by atoms with Gasteiger partial charge in [-0.25, -0.2) is 4.79 Å². The second-order valence-corrected chi connectivity index (χ2v) is 5.34. The fourth-order valence-corrected chi connectivity index (χ4v) is 2.28. The van der Waals surface area contributed by atoms with E-state index in [0.29, 0.717) is 24.2 Å². The van der Waals surface area contributed by atoms with Crippen LogP contribution in [-0.2, 0) is 4.79 Å². The maximum Gasteiger partial charge on any atom is 0.336 e. The highest BCUT2D eigenvalue weighted by molar-refractivity contribution is 5.96. The Balaban J connectivity index is 2.11. The van der Waals surface area contributed by atoms with E-state index in [2.05, 4.69) is 5.32 Å². The van der Waals surface area contributed by atoms with Gasteiger partial charge in [0.25, 0.3) is 0 Å². The molecule has 6 nitrogen and oxygen atoms in total. The number of nitrogens with one attached hydrogen (secondary N) is 1. The highest BCUT2D eigenvalue weighted by Crippen LogP contribution is 2.20. The first-order valence-corrected chi connectivity index (χ1v) is 7.32. The summed E-state index contributed by atoms with van der Waals surface area (Å²) in [5.41, 5.74) is 12.7. The summed E-state index contributed by atoms with van der Waals surface area (Å²) in [6.45, 7) is 2.43. The van der Waals surface area contributed by atoms with Crippen molar-refractivity contribution in [2.24, 2.45) is 11.5 Å². The number of carbonyl (C=O) groups is 1. The highest BCUT2D eigenvalue weighted by Gasteiger charge is 2.13. The third kappa shape index (κ3) is 3.93. The van der Waals surface area contributed by atoms with Gasteiger partial charge >= 0.3 is 5.63 Å². The summed E-state index contributed by atoms with van der Waals surface area (Å²) in [6, 6.07) is 6.07. The van der Waals surface area contributed by atoms with Crippen LogP contribution in [0.3, 0.4) is 0 Å². The van der Waals surface area contributed by atoms with E-state index in [1.54, 1.807) is 12.1 Å². The fourth-order valence-electron chi connectivity index (χ4n) is 2.28. The highest BCUT2D eigenvalue weighted by atomic mass is 16.4. The number of rotatable bonds is 6. The van der Waals surface area contributed by atoms with Gasteiger partial charge in [0.1, 0.15) is 5.58 Å². The largest absolute Gasteiger partial charge is 0.423 e. The lowest BCUT2D eigenvalue weighted by atomic mass is 10.1. The van der Waals surface area contributed by atoms with Gasteiger partial charge in [0, 0.05) is 23.2 Å². The van der Waals surface area contributed by atoms with Crippen molar-refractivity contribution in [2.45, 2.75) is 32.2 Å². The Kier molecular flexibility index (Phi) is 5.30. The van der Waals surface area contributed by atoms with Crippen molar-refractivity contribution in [3.63, 3.8) is 0 Å². The average Bonchev–Trinajstić information content (AvgIpc) is 2.46. The molecule has 0 bridgehead atoms. The lowest BCUT2D eigenvalue weighted by molar-refractivity contribution is -0.117. The fraction of sp³-hybridized carbons (Fsp3) is 0.375. The van der Waals surface area contributed by atoms with Crippen molar-refractivity contribution < 1.29 is 9.21 Å². The smallest absolute Gasteiger partial charge is 0.336 e. The molecule has 1 amide bonds. The van der Waals surface area contributed by atoms with Gasteiger partial charge in [0.15, 0.2) is 0 Å². The Morgan fingerprint density at radius 2 is 2.09 bits per heavy atom. The van der Waals surface area contributed by atoms with Crippen LogP contribution in [0, 0.1) is 6.92 Å². The van der Waals surface area contributed by atoms with Gasteiger partial charge in [0.05, 0.1) is 6.04 Å². The molecule has 0 unspecified atom stereocenters. The molecule has 0 aliphatic heterocycles. The molecule has 118 valence electrons. The number of nitrogens with two attached hydrogens (primary N) is 2. The molecule has 0 fully saturated rings. The van der Waals surface area contributed by atoms with Crippen LogP contribution in [0.25, 0.3) is 11.0 Å². The van der Waals surface area contributed by atoms with E-state index in [9.17, 15) is 9.59 Å². The molecular formula is C16H21N3O3. The molecule has 0 radical (unpaired) electrons. The normalized spacial score (nSPS) is 12.3. The maximum atomic E-state index is 12.0. The Morgan fingerprint density at radius 3 is 2.82 bits per heavy atom. The number of fused-ring (bicyclic) bond motifs is 1. The topological polar surface area (TPSA) is 111 Å². The molecule has 6 heteroatoms. The minimum absolute atomic E-state index is 0.258. The first-order chi connectivity index (χ1) is 10.5. The van der Waals surface area contributed by atoms with Crippen LogP contribution < -0.4 is 22.4 Å². The predicted octanol–water partition coefficient (Wildman–Crippen LogP) is 1.50. The van der Waals surface area contributed by atoms with Crippen LogP contribution in [0.4, 0.5) is 5.69 Å². The third-order valence-corrected chi connectivity index (χ3v) is 3.52. The van der Waals surface area contributed by atoms with Crippen molar-refractivity contribution in [3.8, 4) is 0 Å². The van der Waals surface area contributed by atoms with Crippen LogP contribution in [0.5, 0.6) is 0 Å². The van der Waals surface area contributed by atoms with Gasteiger partial charge in [-0.15, -0.1) is 0 Å². The third-order valence-electron chi connectivity index (χ3n) is 3.52. The van der Waals surface area contributed by atoms with Crippen molar-refractivity contribution in [1.29, 1.82) is 0 Å². The standard InChI is InChI=1S/C16H21N3O3/c1-10-8-15(20)22-14-9-11(5-6-12(10)14)19-16(21)13(18)4-2-3-7-17/h5-6,8-9,13H,2-4,7,17-18H2,1H3,(H,19,21)/t13-/m0/s1. The molecular weight excluding hydrogens is 282 g/mol. The minimum atomic E-state index is -0.577. The number of aryl methyl sites for hydroxylation is 1. The van der Waals surface area contributed by atoms with Crippen LogP contribution in [0.1, 0.15) is 24.8 Å². The Bertz CT molecular complexity index is 724. The summed E-state index contributed by atoms with van der Waals surface area (Å²) in [4.78, 5) is 23.4. The molecule has 0 saturated heterocycles. The monoisotopic (exact) mass is 303 g/mol. The Morgan fingerprint density at radius 1 is 1.32 bits per heavy atom. The lowest BCUT2D eigenvalue weighted by Gasteiger charge is -2.12. The second-order valence-electron chi connectivity index (χ2n) is 5.34. The summed E-state index contributed by atoms with van der Waals surface area (Å²) in [6.07, 6.45) is 2.25. The number of hydrogen-bond donors (Lipinski definition) is 3. The van der Waals surface area contributed by atoms with Gasteiger partial charge in [-0.05, 0) is 44.0 Å². The van der Waals surface area contributed by atoms with E-state index >= 15 is 0 Å². The zero-order valence-corrected chi connectivity index (χ0v) is 12.6. The first-order valence-electron chi connectivity index (χ1n) is 7.32. The van der Waals surface area contributed by atoms with E-state index in [1.807, 2.05) is 13.0 Å². The first kappa shape index (κ1) is 16.2. The SMILES string of the molecule is Cc1cc(=O)oc2cc(NC(=O)[C@@H](N)CCCCN)ccc12. The van der Waals surface area contributed by atoms with E-state index in [1.165, 1.54) is 6.07 Å². The van der Waals surface area contributed by atoms with E-state index in [0.717, 1.165) is 23.8 Å². The molecule has 1 aromatic heterocycles. The number of unbranched alkanes of at least 4 members (excludes halogenated alkanes) is 1. The quantitative estimate of drug-likeness (QED) is 0.553. The van der Waals surface area contributed by atoms with Gasteiger partial charge in [-0.1, -0.05) is 6.42 Å². The summed E-state index contributed by atoms with van der Waals surface area (Å²) in [5.74, 6) is -0.258. The van der Waals surface area contributed by atoms with E-state index in [4.69, 9.17) is 15.9 Å². The second kappa shape index (κ2) is 7.20. The molecule has 0 aliphatic rings. The van der Waals surface area contributed by atoms with Crippen molar-refractivity contribution >= 4 is 22.6 Å². The minimum Gasteiger partial charge on any atom is -0.423 e. The maximum absolute atomic E-state index is 12.0. The molecule has 5 N–H and O–H groups in total. The van der Waals surface area contributed by atoms with Gasteiger partial charge in [-0.2, -0.15) is 0 Å². The predicted molar refractivity (Wildman–Crippen MR) is 86.7 cm³/mol. The zero-order chi connectivity index (χ0) is 16.1. The van der Waals surface area contributed by atoms with Gasteiger partial charge in [-0.3, -0.25) is 4.79 Å². The molecule has 1 aromatic carbocycles. The summed E-state index contributed by atoms with van der Waals surface area (Å²) in [5, 5.41) is 3.58. The molecule has 2 rings (SSSR count). The Labute approximate surface area is 128 Å². The van der Waals surface area contributed by atoms with E-state index < -0.39 is 11.7 Å². The number of amides is 1. The summed E-state index contributed by atoms with van der Waals surface area (Å²) < 4.78 is 5.15. The number of carbonyl (C=O) groups excluding carboxylic acids is 1. The molecule has 1 atom stereocenters. The molecule has 0 spiro atoms. The lowest BCUT2D eigenvalue weighted by Crippen LogP contribution is -2.35. The van der Waals surface area contributed by atoms with Gasteiger partial charge < -0.3 is 21.2 Å². The number of hydrogen-bond acceptors (Lipinski definition) is 5. The van der Waals surface area contributed by atoms with Crippen LogP contribution >= 0.6 is 0 Å². The van der Waals surface area contributed by atoms with Crippen LogP contribution in [0.2, 0.25) is 0 Å². The zero-order valence-electron chi connectivity index (χ0n) is 12.6. The molecule has 1 heterocycles. The van der Waals surface area contributed by atoms with Crippen LogP contribution in [0.15, 0.2) is 33.5 Å².